The number of rotatable bonds is 3. The fraction of sp³-hybridized carbons (Fsp3) is 0.400. The van der Waals surface area contributed by atoms with Crippen molar-refractivity contribution in [3.63, 3.8) is 0 Å². The third kappa shape index (κ3) is 3.69. The van der Waals surface area contributed by atoms with Crippen LogP contribution in [0.4, 0.5) is 13.2 Å². The summed E-state index contributed by atoms with van der Waals surface area (Å²) in [5.74, 6) is -0.698. The van der Waals surface area contributed by atoms with E-state index in [1.807, 2.05) is 0 Å². The van der Waals surface area contributed by atoms with Gasteiger partial charge in [-0.05, 0) is 34.5 Å². The van der Waals surface area contributed by atoms with Crippen LogP contribution in [0.3, 0.4) is 0 Å². The first kappa shape index (κ1) is 14.0. The molecule has 0 atom stereocenters. The van der Waals surface area contributed by atoms with Crippen molar-refractivity contribution in [3.05, 3.63) is 28.0 Å². The van der Waals surface area contributed by atoms with Crippen LogP contribution in [0.15, 0.2) is 16.9 Å². The maximum Gasteiger partial charge on any atom is 0.419 e. The Morgan fingerprint density at radius 1 is 1.53 bits per heavy atom. The summed E-state index contributed by atoms with van der Waals surface area (Å²) in [4.78, 5) is 14.7. The summed E-state index contributed by atoms with van der Waals surface area (Å²) < 4.78 is 42.5. The number of pyridine rings is 1. The molecule has 0 aliphatic heterocycles. The van der Waals surface area contributed by atoms with Gasteiger partial charge in [-0.3, -0.25) is 4.79 Å². The fourth-order valence-corrected chi connectivity index (χ4v) is 1.88. The number of carbonyl (C=O) groups excluding carboxylic acids is 1. The zero-order valence-corrected chi connectivity index (χ0v) is 10.4. The largest absolute Gasteiger partial charge is 0.466 e. The molecule has 94 valence electrons. The Labute approximate surface area is 104 Å². The van der Waals surface area contributed by atoms with Crippen LogP contribution < -0.4 is 0 Å². The number of nitrogens with zero attached hydrogens (tertiary/aromatic N) is 1. The second-order valence-electron chi connectivity index (χ2n) is 3.12. The van der Waals surface area contributed by atoms with Gasteiger partial charge in [-0.25, -0.2) is 4.98 Å². The molecule has 0 aromatic carbocycles. The van der Waals surface area contributed by atoms with Crippen molar-refractivity contribution in [1.82, 2.24) is 4.98 Å². The predicted octanol–water partition coefficient (Wildman–Crippen LogP) is 2.97. The van der Waals surface area contributed by atoms with Crippen LogP contribution in [0, 0.1) is 0 Å². The van der Waals surface area contributed by atoms with Crippen molar-refractivity contribution in [2.24, 2.45) is 0 Å². The van der Waals surface area contributed by atoms with E-state index >= 15 is 0 Å². The Morgan fingerprint density at radius 3 is 2.71 bits per heavy atom. The van der Waals surface area contributed by atoms with Gasteiger partial charge in [0.05, 0.1) is 18.6 Å². The summed E-state index contributed by atoms with van der Waals surface area (Å²) in [6.45, 7) is 1.72. The van der Waals surface area contributed by atoms with E-state index in [2.05, 4.69) is 25.7 Å². The topological polar surface area (TPSA) is 39.2 Å². The quantitative estimate of drug-likeness (QED) is 0.636. The number of carbonyl (C=O) groups is 1. The molecule has 1 heterocycles. The van der Waals surface area contributed by atoms with Crippen molar-refractivity contribution in [3.8, 4) is 0 Å². The van der Waals surface area contributed by atoms with Crippen LogP contribution in [0.2, 0.25) is 0 Å². The number of aromatic nitrogens is 1. The van der Waals surface area contributed by atoms with Gasteiger partial charge in [0, 0.05) is 6.20 Å². The first-order valence-electron chi connectivity index (χ1n) is 4.72. The molecule has 1 rings (SSSR count). The number of esters is 1. The minimum Gasteiger partial charge on any atom is -0.466 e. The van der Waals surface area contributed by atoms with Crippen molar-refractivity contribution in [2.75, 3.05) is 6.61 Å². The van der Waals surface area contributed by atoms with E-state index in [1.165, 1.54) is 6.20 Å². The van der Waals surface area contributed by atoms with Crippen LogP contribution in [0.25, 0.3) is 0 Å². The minimum absolute atomic E-state index is 0.131. The first-order valence-corrected chi connectivity index (χ1v) is 5.51. The van der Waals surface area contributed by atoms with Crippen LogP contribution in [-0.4, -0.2) is 17.6 Å². The molecule has 0 spiro atoms. The van der Waals surface area contributed by atoms with E-state index in [1.54, 1.807) is 6.92 Å². The summed E-state index contributed by atoms with van der Waals surface area (Å²) in [7, 11) is 0. The van der Waals surface area contributed by atoms with Gasteiger partial charge in [-0.2, -0.15) is 13.2 Å². The van der Waals surface area contributed by atoms with Gasteiger partial charge in [0.15, 0.2) is 0 Å². The van der Waals surface area contributed by atoms with Crippen LogP contribution in [0.5, 0.6) is 0 Å². The van der Waals surface area contributed by atoms with E-state index in [9.17, 15) is 18.0 Å². The standard InChI is InChI=1S/C10H9BrF3NO2/c1-2-17-7(16)5-6-3-4-15-9(11)8(6)10(12,13)14/h3-4H,2,5H2,1H3. The van der Waals surface area contributed by atoms with E-state index in [0.717, 1.165) is 6.07 Å². The van der Waals surface area contributed by atoms with Crippen LogP contribution >= 0.6 is 15.9 Å². The lowest BCUT2D eigenvalue weighted by molar-refractivity contribution is -0.143. The Kier molecular flexibility index (Phi) is 4.50. The smallest absolute Gasteiger partial charge is 0.419 e. The van der Waals surface area contributed by atoms with Gasteiger partial charge in [-0.1, -0.05) is 0 Å². The maximum atomic E-state index is 12.7. The highest BCUT2D eigenvalue weighted by molar-refractivity contribution is 9.10. The predicted molar refractivity (Wildman–Crippen MR) is 57.3 cm³/mol. The normalized spacial score (nSPS) is 11.4. The average molecular weight is 312 g/mol. The summed E-state index contributed by atoms with van der Waals surface area (Å²) >= 11 is 2.73. The molecule has 0 radical (unpaired) electrons. The van der Waals surface area contributed by atoms with Gasteiger partial charge in [0.2, 0.25) is 0 Å². The third-order valence-corrected chi connectivity index (χ3v) is 2.52. The van der Waals surface area contributed by atoms with Crippen molar-refractivity contribution in [2.45, 2.75) is 19.5 Å². The van der Waals surface area contributed by atoms with E-state index in [4.69, 9.17) is 0 Å². The molecular formula is C10H9BrF3NO2. The van der Waals surface area contributed by atoms with Gasteiger partial charge in [0.25, 0.3) is 0 Å². The summed E-state index contributed by atoms with van der Waals surface area (Å²) in [6.07, 6.45) is -3.79. The Balaban J connectivity index is 3.08. The van der Waals surface area contributed by atoms with E-state index in [-0.39, 0.29) is 16.8 Å². The van der Waals surface area contributed by atoms with Crippen LogP contribution in [0.1, 0.15) is 18.1 Å². The highest BCUT2D eigenvalue weighted by atomic mass is 79.9. The lowest BCUT2D eigenvalue weighted by Crippen LogP contribution is -2.15. The first-order chi connectivity index (χ1) is 7.86. The molecule has 0 aliphatic carbocycles. The Morgan fingerprint density at radius 2 is 2.18 bits per heavy atom. The molecule has 0 aliphatic rings. The maximum absolute atomic E-state index is 12.7. The number of hydrogen-bond donors (Lipinski definition) is 0. The third-order valence-electron chi connectivity index (χ3n) is 1.91. The van der Waals surface area contributed by atoms with Gasteiger partial charge in [0.1, 0.15) is 4.60 Å². The Bertz CT molecular complexity index is 421. The molecule has 0 amide bonds. The summed E-state index contributed by atoms with van der Waals surface area (Å²) in [5.41, 5.74) is -1.09. The van der Waals surface area contributed by atoms with E-state index < -0.39 is 24.1 Å². The molecule has 0 unspecified atom stereocenters. The molecule has 7 heteroatoms. The number of ether oxygens (including phenoxy) is 1. The Hall–Kier alpha value is -1.11. The highest BCUT2D eigenvalue weighted by Gasteiger charge is 2.36. The van der Waals surface area contributed by atoms with Gasteiger partial charge >= 0.3 is 12.1 Å². The molecule has 17 heavy (non-hydrogen) atoms. The number of hydrogen-bond acceptors (Lipinski definition) is 3. The van der Waals surface area contributed by atoms with Gasteiger partial charge < -0.3 is 4.74 Å². The molecule has 1 aromatic rings. The zero-order chi connectivity index (χ0) is 13.1. The van der Waals surface area contributed by atoms with Gasteiger partial charge in [-0.15, -0.1) is 0 Å². The summed E-state index contributed by atoms with van der Waals surface area (Å²) in [6, 6.07) is 1.16. The molecule has 0 fully saturated rings. The van der Waals surface area contributed by atoms with Crippen molar-refractivity contribution >= 4 is 21.9 Å². The minimum atomic E-state index is -4.56. The average Bonchev–Trinajstić information content (AvgIpc) is 2.15. The van der Waals surface area contributed by atoms with Crippen molar-refractivity contribution < 1.29 is 22.7 Å². The van der Waals surface area contributed by atoms with E-state index in [0.29, 0.717) is 0 Å². The van der Waals surface area contributed by atoms with Crippen LogP contribution in [-0.2, 0) is 22.1 Å². The molecule has 0 saturated heterocycles. The summed E-state index contributed by atoms with van der Waals surface area (Å²) in [5, 5.41) is 0. The highest BCUT2D eigenvalue weighted by Crippen LogP contribution is 2.36. The molecule has 0 saturated carbocycles. The molecule has 0 bridgehead atoms. The molecule has 1 aromatic heterocycles. The lowest BCUT2D eigenvalue weighted by Gasteiger charge is -2.13. The number of alkyl halides is 3. The zero-order valence-electron chi connectivity index (χ0n) is 8.84. The fourth-order valence-electron chi connectivity index (χ4n) is 1.29. The second-order valence-corrected chi connectivity index (χ2v) is 3.87. The monoisotopic (exact) mass is 311 g/mol. The SMILES string of the molecule is CCOC(=O)Cc1ccnc(Br)c1C(F)(F)F. The second kappa shape index (κ2) is 5.48. The molecule has 0 N–H and O–H groups in total. The molecule has 3 nitrogen and oxygen atoms in total. The van der Waals surface area contributed by atoms with Crippen molar-refractivity contribution in [1.29, 1.82) is 0 Å². The number of halogens is 4. The molecular weight excluding hydrogens is 303 g/mol. The lowest BCUT2D eigenvalue weighted by atomic mass is 10.1.